The molecule has 2 heterocycles. The van der Waals surface area contributed by atoms with Gasteiger partial charge < -0.3 is 47.4 Å². The number of rotatable bonds is 13. The molecule has 4 aromatic rings. The van der Waals surface area contributed by atoms with E-state index in [9.17, 15) is 0 Å². The summed E-state index contributed by atoms with van der Waals surface area (Å²) in [6.07, 6.45) is 2.83. The van der Waals surface area contributed by atoms with E-state index in [1.165, 1.54) is 0 Å². The predicted octanol–water partition coefficient (Wildman–Crippen LogP) is 6.43. The van der Waals surface area contributed by atoms with Crippen molar-refractivity contribution in [2.75, 3.05) is 56.2 Å². The molecule has 0 unspecified atom stereocenters. The highest BCUT2D eigenvalue weighted by molar-refractivity contribution is 5.79. The fourth-order valence-corrected chi connectivity index (χ4v) is 5.96. The molecule has 6 rings (SSSR count). The number of benzene rings is 4. The van der Waals surface area contributed by atoms with Crippen LogP contribution in [-0.4, -0.2) is 56.2 Å². The van der Waals surface area contributed by atoms with Gasteiger partial charge >= 0.3 is 0 Å². The summed E-state index contributed by atoms with van der Waals surface area (Å²) >= 11 is 0. The zero-order chi connectivity index (χ0) is 32.2. The summed E-state index contributed by atoms with van der Waals surface area (Å²) in [7, 11) is 9.89. The summed E-state index contributed by atoms with van der Waals surface area (Å²) in [5.41, 5.74) is 5.91. The van der Waals surface area contributed by atoms with Gasteiger partial charge in [-0.05, 0) is 84.3 Å². The average Bonchev–Trinajstić information content (AvgIpc) is 3.78. The molecule has 0 aromatic heterocycles. The fourth-order valence-electron chi connectivity index (χ4n) is 5.96. The smallest absolute Gasteiger partial charge is 0.231 e. The number of ether oxygens (including phenoxy) is 10. The molecule has 0 saturated carbocycles. The van der Waals surface area contributed by atoms with E-state index < -0.39 is 0 Å². The Morgan fingerprint density at radius 3 is 1.17 bits per heavy atom. The van der Waals surface area contributed by atoms with Crippen LogP contribution >= 0.6 is 0 Å². The Morgan fingerprint density at radius 1 is 0.413 bits per heavy atom. The van der Waals surface area contributed by atoms with Crippen molar-refractivity contribution in [1.82, 2.24) is 0 Å². The Labute approximate surface area is 268 Å². The minimum atomic E-state index is 0.182. The third-order valence-corrected chi connectivity index (χ3v) is 8.30. The van der Waals surface area contributed by atoms with E-state index in [2.05, 4.69) is 12.1 Å². The lowest BCUT2D eigenvalue weighted by Gasteiger charge is -2.19. The summed E-state index contributed by atoms with van der Waals surface area (Å²) < 4.78 is 56.9. The summed E-state index contributed by atoms with van der Waals surface area (Å²) in [5.74, 6) is 6.75. The van der Waals surface area contributed by atoms with Crippen LogP contribution in [-0.2, 0) is 25.7 Å². The summed E-state index contributed by atoms with van der Waals surface area (Å²) in [5, 5.41) is 0. The van der Waals surface area contributed by atoms with Crippen molar-refractivity contribution in [2.45, 2.75) is 25.7 Å². The second kappa shape index (κ2) is 13.5. The van der Waals surface area contributed by atoms with Gasteiger partial charge in [-0.1, -0.05) is 0 Å². The van der Waals surface area contributed by atoms with E-state index in [-0.39, 0.29) is 13.6 Å². The Hall–Kier alpha value is -5.12. The third-order valence-electron chi connectivity index (χ3n) is 8.30. The van der Waals surface area contributed by atoms with Crippen LogP contribution in [0.2, 0.25) is 0 Å². The molecule has 46 heavy (non-hydrogen) atoms. The molecule has 242 valence electrons. The molecular weight excluding hydrogens is 592 g/mol. The van der Waals surface area contributed by atoms with E-state index >= 15 is 0 Å². The van der Waals surface area contributed by atoms with E-state index in [4.69, 9.17) is 47.4 Å². The average molecular weight is 631 g/mol. The lowest BCUT2D eigenvalue weighted by Crippen LogP contribution is -2.02. The quantitative estimate of drug-likeness (QED) is 0.165. The maximum atomic E-state index is 5.88. The Bertz CT molecular complexity index is 1600. The maximum absolute atomic E-state index is 5.88. The zero-order valence-electron chi connectivity index (χ0n) is 26.9. The summed E-state index contributed by atoms with van der Waals surface area (Å²) in [6, 6.07) is 16.0. The Morgan fingerprint density at radius 2 is 0.804 bits per heavy atom. The van der Waals surface area contributed by atoms with Crippen LogP contribution in [0, 0.1) is 0 Å². The number of methoxy groups -OCH3 is 6. The van der Waals surface area contributed by atoms with E-state index in [1.54, 1.807) is 42.7 Å². The third kappa shape index (κ3) is 5.94. The van der Waals surface area contributed by atoms with Gasteiger partial charge in [0.05, 0.1) is 42.7 Å². The second-order valence-corrected chi connectivity index (χ2v) is 10.8. The van der Waals surface area contributed by atoms with Crippen LogP contribution in [0.4, 0.5) is 0 Å². The largest absolute Gasteiger partial charge is 0.496 e. The Kier molecular flexibility index (Phi) is 9.05. The normalized spacial score (nSPS) is 12.6. The van der Waals surface area contributed by atoms with Gasteiger partial charge in [-0.25, -0.2) is 0 Å². The summed E-state index contributed by atoms with van der Waals surface area (Å²) in [4.78, 5) is 0. The molecule has 10 nitrogen and oxygen atoms in total. The van der Waals surface area contributed by atoms with Crippen molar-refractivity contribution in [3.63, 3.8) is 0 Å². The molecule has 0 spiro atoms. The lowest BCUT2D eigenvalue weighted by molar-refractivity contribution is 0.171. The molecule has 0 aliphatic carbocycles. The number of hydrogen-bond acceptors (Lipinski definition) is 10. The van der Waals surface area contributed by atoms with Gasteiger partial charge in [0.25, 0.3) is 0 Å². The van der Waals surface area contributed by atoms with Crippen LogP contribution in [0.5, 0.6) is 57.5 Å². The molecule has 0 fully saturated rings. The van der Waals surface area contributed by atoms with Crippen molar-refractivity contribution in [3.05, 3.63) is 70.8 Å². The molecule has 2 aliphatic heterocycles. The topological polar surface area (TPSA) is 92.3 Å². The van der Waals surface area contributed by atoms with Gasteiger partial charge in [0.2, 0.25) is 25.1 Å². The minimum Gasteiger partial charge on any atom is -0.496 e. The molecule has 0 bridgehead atoms. The molecule has 0 saturated heterocycles. The second-order valence-electron chi connectivity index (χ2n) is 10.8. The minimum absolute atomic E-state index is 0.182. The Balaban J connectivity index is 1.33. The lowest BCUT2D eigenvalue weighted by atomic mass is 9.93. The first-order chi connectivity index (χ1) is 22.5. The first-order valence-corrected chi connectivity index (χ1v) is 14.9. The fraction of sp³-hybridized carbons (Fsp3) is 0.333. The zero-order valence-corrected chi connectivity index (χ0v) is 26.9. The van der Waals surface area contributed by atoms with Crippen LogP contribution in [0.3, 0.4) is 0 Å². The van der Waals surface area contributed by atoms with E-state index in [1.807, 2.05) is 36.4 Å². The van der Waals surface area contributed by atoms with Gasteiger partial charge in [0.15, 0.2) is 23.0 Å². The number of aryl methyl sites for hydroxylation is 4. The van der Waals surface area contributed by atoms with Crippen LogP contribution in [0.15, 0.2) is 48.5 Å². The molecule has 0 N–H and O–H groups in total. The molecule has 0 radical (unpaired) electrons. The van der Waals surface area contributed by atoms with Crippen LogP contribution in [0.1, 0.15) is 22.3 Å². The predicted molar refractivity (Wildman–Crippen MR) is 171 cm³/mol. The first kappa shape index (κ1) is 30.9. The highest BCUT2D eigenvalue weighted by atomic mass is 16.7. The monoisotopic (exact) mass is 630 g/mol. The molecule has 0 amide bonds. The molecule has 0 atom stereocenters. The maximum Gasteiger partial charge on any atom is 0.231 e. The highest BCUT2D eigenvalue weighted by Gasteiger charge is 2.23. The first-order valence-electron chi connectivity index (χ1n) is 14.9. The van der Waals surface area contributed by atoms with Crippen molar-refractivity contribution < 1.29 is 47.4 Å². The van der Waals surface area contributed by atoms with Crippen molar-refractivity contribution in [1.29, 1.82) is 0 Å². The van der Waals surface area contributed by atoms with Crippen molar-refractivity contribution in [2.24, 2.45) is 0 Å². The number of fused-ring (bicyclic) bond motifs is 2. The summed E-state index contributed by atoms with van der Waals surface area (Å²) in [6.45, 7) is 0.364. The van der Waals surface area contributed by atoms with Gasteiger partial charge in [0.1, 0.15) is 23.0 Å². The highest BCUT2D eigenvalue weighted by Crippen LogP contribution is 2.46. The van der Waals surface area contributed by atoms with Crippen LogP contribution in [0.25, 0.3) is 11.1 Å². The standard InChI is InChI=1S/C36H38O10/c1-37-27-17-29(39-3)25(15-23(27)9-7-21-11-31(41-5)35-33(13-21)43-19-45-35)26-16-24(28(38-2)18-30(26)40-4)10-8-22-12-32(42-6)36-34(14-22)44-20-46-36/h11-18H,7-10,19-20H2,1-6H3. The molecule has 4 aromatic carbocycles. The molecular formula is C36H38O10. The van der Waals surface area contributed by atoms with Crippen LogP contribution < -0.4 is 47.4 Å². The van der Waals surface area contributed by atoms with Gasteiger partial charge in [0, 0.05) is 23.3 Å². The van der Waals surface area contributed by atoms with Crippen molar-refractivity contribution in [3.8, 4) is 68.6 Å². The molecule has 10 heteroatoms. The SMILES string of the molecule is COc1cc(OC)c(-c2cc(CCc3cc(OC)c4c(c3)OCO4)c(OC)cc2OC)cc1CCc1cc(OC)c2c(c1)OCO2. The van der Waals surface area contributed by atoms with E-state index in [0.29, 0.717) is 58.8 Å². The van der Waals surface area contributed by atoms with Gasteiger partial charge in [-0.15, -0.1) is 0 Å². The van der Waals surface area contributed by atoms with Gasteiger partial charge in [-0.3, -0.25) is 0 Å². The molecule has 2 aliphatic rings. The van der Waals surface area contributed by atoms with Crippen molar-refractivity contribution >= 4 is 0 Å². The number of hydrogen-bond donors (Lipinski definition) is 0. The van der Waals surface area contributed by atoms with E-state index in [0.717, 1.165) is 57.7 Å². The van der Waals surface area contributed by atoms with Gasteiger partial charge in [-0.2, -0.15) is 0 Å².